The molecular weight excluding hydrogens is 204 g/mol. The lowest BCUT2D eigenvalue weighted by molar-refractivity contribution is 1.01. The molecule has 1 aromatic carbocycles. The Morgan fingerprint density at radius 1 is 1.20 bits per heavy atom. The molecule has 15 heavy (non-hydrogen) atoms. The van der Waals surface area contributed by atoms with Crippen molar-refractivity contribution >= 4 is 17.0 Å². The van der Waals surface area contributed by atoms with Crippen molar-refractivity contribution in [1.82, 2.24) is 0 Å². The summed E-state index contributed by atoms with van der Waals surface area (Å²) in [5.74, 6) is 0. The van der Waals surface area contributed by atoms with Gasteiger partial charge in [-0.3, -0.25) is 0 Å². The topological polar surface area (TPSA) is 35.8 Å². The van der Waals surface area contributed by atoms with E-state index in [4.69, 9.17) is 5.26 Å². The van der Waals surface area contributed by atoms with E-state index in [0.717, 1.165) is 11.3 Å². The van der Waals surface area contributed by atoms with E-state index >= 15 is 0 Å². The van der Waals surface area contributed by atoms with Crippen molar-refractivity contribution in [3.63, 3.8) is 0 Å². The molecule has 2 aromatic rings. The van der Waals surface area contributed by atoms with Crippen molar-refractivity contribution in [2.45, 2.75) is 6.04 Å². The fourth-order valence-corrected chi connectivity index (χ4v) is 2.02. The molecular formula is C12H10N2S. The van der Waals surface area contributed by atoms with Crippen molar-refractivity contribution in [3.05, 3.63) is 52.7 Å². The standard InChI is InChI=1S/C12H10N2S/c13-8-12(10-6-7-15-9-10)14-11-4-2-1-3-5-11/h1-7,9,12,14H. The minimum absolute atomic E-state index is 0.265. The van der Waals surface area contributed by atoms with E-state index in [1.165, 1.54) is 0 Å². The van der Waals surface area contributed by atoms with E-state index in [2.05, 4.69) is 11.4 Å². The van der Waals surface area contributed by atoms with E-state index < -0.39 is 0 Å². The van der Waals surface area contributed by atoms with Gasteiger partial charge in [0.2, 0.25) is 0 Å². The number of thiophene rings is 1. The third-order valence-electron chi connectivity index (χ3n) is 2.09. The summed E-state index contributed by atoms with van der Waals surface area (Å²) in [6, 6.07) is 13.7. The van der Waals surface area contributed by atoms with Crippen LogP contribution in [0.2, 0.25) is 0 Å². The molecule has 0 bridgehead atoms. The van der Waals surface area contributed by atoms with E-state index in [1.54, 1.807) is 11.3 Å². The van der Waals surface area contributed by atoms with Gasteiger partial charge in [-0.15, -0.1) is 0 Å². The first-order valence-corrected chi connectivity index (χ1v) is 5.58. The summed E-state index contributed by atoms with van der Waals surface area (Å²) >= 11 is 1.60. The molecule has 0 aliphatic rings. The second-order valence-electron chi connectivity index (χ2n) is 3.13. The van der Waals surface area contributed by atoms with Crippen LogP contribution in [0.4, 0.5) is 5.69 Å². The number of anilines is 1. The molecule has 1 unspecified atom stereocenters. The Morgan fingerprint density at radius 2 is 2.00 bits per heavy atom. The van der Waals surface area contributed by atoms with Crippen LogP contribution in [0, 0.1) is 11.3 Å². The highest BCUT2D eigenvalue weighted by Crippen LogP contribution is 2.20. The molecule has 1 N–H and O–H groups in total. The van der Waals surface area contributed by atoms with Crippen LogP contribution < -0.4 is 5.32 Å². The maximum absolute atomic E-state index is 9.05. The Bertz CT molecular complexity index is 442. The van der Waals surface area contributed by atoms with Crippen LogP contribution in [0.3, 0.4) is 0 Å². The summed E-state index contributed by atoms with van der Waals surface area (Å²) in [6.07, 6.45) is 0. The number of hydrogen-bond donors (Lipinski definition) is 1. The molecule has 74 valence electrons. The molecule has 0 amide bonds. The van der Waals surface area contributed by atoms with E-state index in [-0.39, 0.29) is 6.04 Å². The zero-order valence-corrected chi connectivity index (χ0v) is 8.87. The number of para-hydroxylation sites is 1. The van der Waals surface area contributed by atoms with Gasteiger partial charge >= 0.3 is 0 Å². The predicted octanol–water partition coefficient (Wildman–Crippen LogP) is 3.42. The van der Waals surface area contributed by atoms with Crippen LogP contribution in [0.1, 0.15) is 11.6 Å². The van der Waals surface area contributed by atoms with Gasteiger partial charge in [-0.2, -0.15) is 16.6 Å². The largest absolute Gasteiger partial charge is 0.366 e. The average molecular weight is 214 g/mol. The smallest absolute Gasteiger partial charge is 0.141 e. The monoisotopic (exact) mass is 214 g/mol. The molecule has 3 heteroatoms. The summed E-state index contributed by atoms with van der Waals surface area (Å²) in [5.41, 5.74) is 1.99. The third-order valence-corrected chi connectivity index (χ3v) is 2.79. The van der Waals surface area contributed by atoms with Crippen molar-refractivity contribution in [3.8, 4) is 6.07 Å². The van der Waals surface area contributed by atoms with Crippen molar-refractivity contribution in [1.29, 1.82) is 5.26 Å². The molecule has 0 aliphatic heterocycles. The number of rotatable bonds is 3. The van der Waals surface area contributed by atoms with Crippen molar-refractivity contribution in [2.24, 2.45) is 0 Å². The van der Waals surface area contributed by atoms with Crippen LogP contribution >= 0.6 is 11.3 Å². The summed E-state index contributed by atoms with van der Waals surface area (Å²) in [4.78, 5) is 0. The zero-order valence-electron chi connectivity index (χ0n) is 8.05. The number of nitrogens with one attached hydrogen (secondary N) is 1. The Kier molecular flexibility index (Phi) is 3.01. The van der Waals surface area contributed by atoms with Crippen LogP contribution in [-0.2, 0) is 0 Å². The lowest BCUT2D eigenvalue weighted by Gasteiger charge is -2.10. The van der Waals surface area contributed by atoms with Crippen molar-refractivity contribution in [2.75, 3.05) is 5.32 Å². The van der Waals surface area contributed by atoms with Gasteiger partial charge in [0.1, 0.15) is 6.04 Å². The minimum Gasteiger partial charge on any atom is -0.366 e. The van der Waals surface area contributed by atoms with Crippen LogP contribution in [0.25, 0.3) is 0 Å². The van der Waals surface area contributed by atoms with Crippen molar-refractivity contribution < 1.29 is 0 Å². The molecule has 2 nitrogen and oxygen atoms in total. The molecule has 0 fully saturated rings. The summed E-state index contributed by atoms with van der Waals surface area (Å²) in [5, 5.41) is 16.2. The maximum Gasteiger partial charge on any atom is 0.141 e. The zero-order chi connectivity index (χ0) is 10.5. The Balaban J connectivity index is 2.14. The SMILES string of the molecule is N#CC(Nc1ccccc1)c1ccsc1. The molecule has 0 spiro atoms. The minimum atomic E-state index is -0.265. The molecule has 1 atom stereocenters. The fraction of sp³-hybridized carbons (Fsp3) is 0.0833. The van der Waals surface area contributed by atoms with Gasteiger partial charge < -0.3 is 5.32 Å². The molecule has 2 rings (SSSR count). The van der Waals surface area contributed by atoms with Gasteiger partial charge in [0.15, 0.2) is 0 Å². The lowest BCUT2D eigenvalue weighted by Crippen LogP contribution is -2.06. The molecule has 0 saturated carbocycles. The quantitative estimate of drug-likeness (QED) is 0.849. The van der Waals surface area contributed by atoms with E-state index in [9.17, 15) is 0 Å². The van der Waals surface area contributed by atoms with Gasteiger partial charge in [0, 0.05) is 5.69 Å². The Morgan fingerprint density at radius 3 is 2.60 bits per heavy atom. The number of nitrogens with zero attached hydrogens (tertiary/aromatic N) is 1. The first kappa shape index (κ1) is 9.75. The second kappa shape index (κ2) is 4.63. The van der Waals surface area contributed by atoms with Gasteiger partial charge in [-0.05, 0) is 34.5 Å². The van der Waals surface area contributed by atoms with Gasteiger partial charge in [-0.1, -0.05) is 18.2 Å². The normalized spacial score (nSPS) is 11.7. The average Bonchev–Trinajstić information content (AvgIpc) is 2.81. The Hall–Kier alpha value is -1.79. The van der Waals surface area contributed by atoms with Crippen LogP contribution in [0.5, 0.6) is 0 Å². The van der Waals surface area contributed by atoms with E-state index in [1.807, 2.05) is 47.2 Å². The molecule has 0 aliphatic carbocycles. The second-order valence-corrected chi connectivity index (χ2v) is 3.91. The first-order valence-electron chi connectivity index (χ1n) is 4.63. The Labute approximate surface area is 92.8 Å². The number of benzene rings is 1. The van der Waals surface area contributed by atoms with Gasteiger partial charge in [0.05, 0.1) is 6.07 Å². The lowest BCUT2D eigenvalue weighted by atomic mass is 10.1. The fourth-order valence-electron chi connectivity index (χ4n) is 1.33. The highest BCUT2D eigenvalue weighted by atomic mass is 32.1. The number of nitriles is 1. The summed E-state index contributed by atoms with van der Waals surface area (Å²) < 4.78 is 0. The van der Waals surface area contributed by atoms with Gasteiger partial charge in [-0.25, -0.2) is 0 Å². The van der Waals surface area contributed by atoms with Crippen LogP contribution in [-0.4, -0.2) is 0 Å². The summed E-state index contributed by atoms with van der Waals surface area (Å²) in [7, 11) is 0. The highest BCUT2D eigenvalue weighted by molar-refractivity contribution is 7.08. The third kappa shape index (κ3) is 2.36. The molecule has 0 radical (unpaired) electrons. The first-order chi connectivity index (χ1) is 7.40. The molecule has 1 aromatic heterocycles. The van der Waals surface area contributed by atoms with Gasteiger partial charge in [0.25, 0.3) is 0 Å². The summed E-state index contributed by atoms with van der Waals surface area (Å²) in [6.45, 7) is 0. The number of hydrogen-bond acceptors (Lipinski definition) is 3. The highest BCUT2D eigenvalue weighted by Gasteiger charge is 2.09. The maximum atomic E-state index is 9.05. The molecule has 0 saturated heterocycles. The van der Waals surface area contributed by atoms with E-state index in [0.29, 0.717) is 0 Å². The van der Waals surface area contributed by atoms with Crippen LogP contribution in [0.15, 0.2) is 47.2 Å². The predicted molar refractivity (Wildman–Crippen MR) is 62.7 cm³/mol. The molecule has 1 heterocycles.